The first-order valence-corrected chi connectivity index (χ1v) is 6.53. The predicted octanol–water partition coefficient (Wildman–Crippen LogP) is 3.30. The number of benzene rings is 1. The SMILES string of the molecule is COC[C@@]1(C(C)C)Nc2ccccc2C[C@H]1Cl. The van der Waals surface area contributed by atoms with Crippen molar-refractivity contribution in [1.29, 1.82) is 0 Å². The van der Waals surface area contributed by atoms with Crippen LogP contribution in [0.4, 0.5) is 5.69 Å². The maximum absolute atomic E-state index is 6.60. The number of hydrogen-bond acceptors (Lipinski definition) is 2. The average molecular weight is 254 g/mol. The third kappa shape index (κ3) is 2.16. The van der Waals surface area contributed by atoms with Crippen LogP contribution < -0.4 is 5.32 Å². The molecule has 1 heterocycles. The largest absolute Gasteiger partial charge is 0.382 e. The molecule has 0 aromatic heterocycles. The number of para-hydroxylation sites is 1. The van der Waals surface area contributed by atoms with Crippen molar-refractivity contribution in [3.63, 3.8) is 0 Å². The fraction of sp³-hybridized carbons (Fsp3) is 0.571. The van der Waals surface area contributed by atoms with E-state index in [2.05, 4.69) is 43.4 Å². The van der Waals surface area contributed by atoms with Gasteiger partial charge in [-0.2, -0.15) is 0 Å². The van der Waals surface area contributed by atoms with E-state index in [1.165, 1.54) is 11.3 Å². The number of methoxy groups -OCH3 is 1. The zero-order valence-electron chi connectivity index (χ0n) is 10.7. The smallest absolute Gasteiger partial charge is 0.0795 e. The van der Waals surface area contributed by atoms with Gasteiger partial charge in [-0.1, -0.05) is 32.0 Å². The van der Waals surface area contributed by atoms with E-state index >= 15 is 0 Å². The summed E-state index contributed by atoms with van der Waals surface area (Å²) in [6, 6.07) is 8.36. The zero-order chi connectivity index (χ0) is 12.5. The number of alkyl halides is 1. The van der Waals surface area contributed by atoms with Crippen molar-refractivity contribution in [1.82, 2.24) is 0 Å². The van der Waals surface area contributed by atoms with E-state index in [1.54, 1.807) is 7.11 Å². The Morgan fingerprint density at radius 1 is 1.47 bits per heavy atom. The Balaban J connectivity index is 2.37. The molecule has 17 heavy (non-hydrogen) atoms. The molecule has 0 amide bonds. The van der Waals surface area contributed by atoms with Crippen LogP contribution in [0, 0.1) is 5.92 Å². The Bertz CT molecular complexity index is 394. The van der Waals surface area contributed by atoms with Crippen LogP contribution in [0.5, 0.6) is 0 Å². The minimum absolute atomic E-state index is 0.0531. The molecule has 0 unspecified atom stereocenters. The molecule has 0 saturated heterocycles. The molecular formula is C14H20ClNO. The van der Waals surface area contributed by atoms with Crippen LogP contribution in [0.25, 0.3) is 0 Å². The highest BCUT2D eigenvalue weighted by Crippen LogP contribution is 2.38. The topological polar surface area (TPSA) is 21.3 Å². The molecule has 0 fully saturated rings. The summed E-state index contributed by atoms with van der Waals surface area (Å²) in [5.74, 6) is 0.415. The normalized spacial score (nSPS) is 27.7. The first kappa shape index (κ1) is 12.7. The Morgan fingerprint density at radius 3 is 2.82 bits per heavy atom. The molecule has 94 valence electrons. The number of anilines is 1. The molecule has 0 aliphatic carbocycles. The van der Waals surface area contributed by atoms with Gasteiger partial charge in [0.25, 0.3) is 0 Å². The van der Waals surface area contributed by atoms with Gasteiger partial charge >= 0.3 is 0 Å². The second kappa shape index (κ2) is 4.87. The van der Waals surface area contributed by atoms with E-state index in [1.807, 2.05) is 0 Å². The molecule has 1 aromatic rings. The van der Waals surface area contributed by atoms with Crippen molar-refractivity contribution in [3.05, 3.63) is 29.8 Å². The van der Waals surface area contributed by atoms with Gasteiger partial charge in [0, 0.05) is 12.8 Å². The van der Waals surface area contributed by atoms with E-state index < -0.39 is 0 Å². The maximum atomic E-state index is 6.60. The van der Waals surface area contributed by atoms with Gasteiger partial charge in [-0.3, -0.25) is 0 Å². The lowest BCUT2D eigenvalue weighted by atomic mass is 9.78. The first-order chi connectivity index (χ1) is 8.10. The fourth-order valence-corrected chi connectivity index (χ4v) is 3.10. The summed E-state index contributed by atoms with van der Waals surface area (Å²) in [4.78, 5) is 0. The molecule has 2 nitrogen and oxygen atoms in total. The minimum Gasteiger partial charge on any atom is -0.382 e. The Labute approximate surface area is 108 Å². The van der Waals surface area contributed by atoms with E-state index in [9.17, 15) is 0 Å². The highest BCUT2D eigenvalue weighted by molar-refractivity contribution is 6.22. The summed E-state index contributed by atoms with van der Waals surface area (Å²) < 4.78 is 5.38. The lowest BCUT2D eigenvalue weighted by Gasteiger charge is -2.46. The monoisotopic (exact) mass is 253 g/mol. The molecule has 0 bridgehead atoms. The van der Waals surface area contributed by atoms with Crippen molar-refractivity contribution in [2.24, 2.45) is 5.92 Å². The average Bonchev–Trinajstić information content (AvgIpc) is 2.30. The summed E-state index contributed by atoms with van der Waals surface area (Å²) >= 11 is 6.60. The lowest BCUT2D eigenvalue weighted by molar-refractivity contribution is 0.112. The molecular weight excluding hydrogens is 234 g/mol. The highest BCUT2D eigenvalue weighted by Gasteiger charge is 2.44. The van der Waals surface area contributed by atoms with Gasteiger partial charge in [-0.25, -0.2) is 0 Å². The van der Waals surface area contributed by atoms with Gasteiger partial charge < -0.3 is 10.1 Å². The van der Waals surface area contributed by atoms with Gasteiger partial charge in [-0.15, -0.1) is 11.6 Å². The third-order valence-corrected chi connectivity index (χ3v) is 4.30. The molecule has 1 aliphatic rings. The van der Waals surface area contributed by atoms with Crippen molar-refractivity contribution in [2.75, 3.05) is 19.0 Å². The van der Waals surface area contributed by atoms with Gasteiger partial charge in [-0.05, 0) is 24.0 Å². The number of nitrogens with one attached hydrogen (secondary N) is 1. The minimum atomic E-state index is -0.176. The number of fused-ring (bicyclic) bond motifs is 1. The molecule has 2 rings (SSSR count). The fourth-order valence-electron chi connectivity index (χ4n) is 2.56. The van der Waals surface area contributed by atoms with E-state index in [4.69, 9.17) is 16.3 Å². The highest BCUT2D eigenvalue weighted by atomic mass is 35.5. The second-order valence-corrected chi connectivity index (χ2v) is 5.61. The van der Waals surface area contributed by atoms with Crippen LogP contribution in [0.3, 0.4) is 0 Å². The molecule has 0 saturated carbocycles. The van der Waals surface area contributed by atoms with Gasteiger partial charge in [0.15, 0.2) is 0 Å². The van der Waals surface area contributed by atoms with Crippen molar-refractivity contribution < 1.29 is 4.74 Å². The summed E-state index contributed by atoms with van der Waals surface area (Å²) in [6.45, 7) is 5.01. The third-order valence-electron chi connectivity index (χ3n) is 3.76. The van der Waals surface area contributed by atoms with Crippen LogP contribution in [0.15, 0.2) is 24.3 Å². The number of halogens is 1. The Kier molecular flexibility index (Phi) is 3.64. The lowest BCUT2D eigenvalue weighted by Crippen LogP contribution is -2.57. The van der Waals surface area contributed by atoms with Crippen LogP contribution in [0.2, 0.25) is 0 Å². The molecule has 2 atom stereocenters. The van der Waals surface area contributed by atoms with Crippen LogP contribution in [-0.2, 0) is 11.2 Å². The summed E-state index contributed by atoms with van der Waals surface area (Å²) in [6.07, 6.45) is 0.895. The molecule has 0 spiro atoms. The van der Waals surface area contributed by atoms with Gasteiger partial charge in [0.05, 0.1) is 17.5 Å². The van der Waals surface area contributed by atoms with Crippen molar-refractivity contribution >= 4 is 17.3 Å². The summed E-state index contributed by atoms with van der Waals surface area (Å²) in [5.41, 5.74) is 2.31. The first-order valence-electron chi connectivity index (χ1n) is 6.09. The van der Waals surface area contributed by atoms with Gasteiger partial charge in [0.1, 0.15) is 0 Å². The van der Waals surface area contributed by atoms with Crippen LogP contribution in [0.1, 0.15) is 19.4 Å². The molecule has 1 aromatic carbocycles. The second-order valence-electron chi connectivity index (χ2n) is 5.08. The van der Waals surface area contributed by atoms with E-state index in [-0.39, 0.29) is 10.9 Å². The number of ether oxygens (including phenoxy) is 1. The quantitative estimate of drug-likeness (QED) is 0.835. The maximum Gasteiger partial charge on any atom is 0.0795 e. The summed E-state index contributed by atoms with van der Waals surface area (Å²) in [7, 11) is 1.73. The standard InChI is InChI=1S/C14H20ClNO/c1-10(2)14(9-17-3)13(15)8-11-6-4-5-7-12(11)16-14/h4-7,10,13,16H,8-9H2,1-3H3/t13-,14+/m1/s1. The van der Waals surface area contributed by atoms with Crippen LogP contribution >= 0.6 is 11.6 Å². The predicted molar refractivity (Wildman–Crippen MR) is 72.9 cm³/mol. The molecule has 3 heteroatoms. The van der Waals surface area contributed by atoms with Gasteiger partial charge in [0.2, 0.25) is 0 Å². The Morgan fingerprint density at radius 2 is 2.18 bits per heavy atom. The zero-order valence-corrected chi connectivity index (χ0v) is 11.4. The van der Waals surface area contributed by atoms with Crippen molar-refractivity contribution in [3.8, 4) is 0 Å². The van der Waals surface area contributed by atoms with Crippen molar-refractivity contribution in [2.45, 2.75) is 31.2 Å². The Hall–Kier alpha value is -0.730. The number of hydrogen-bond donors (Lipinski definition) is 1. The molecule has 1 N–H and O–H groups in total. The molecule has 0 radical (unpaired) electrons. The number of rotatable bonds is 3. The van der Waals surface area contributed by atoms with E-state index in [0.717, 1.165) is 6.42 Å². The van der Waals surface area contributed by atoms with E-state index in [0.29, 0.717) is 12.5 Å². The summed E-state index contributed by atoms with van der Waals surface area (Å²) in [5, 5.41) is 3.66. The molecule has 1 aliphatic heterocycles. The van der Waals surface area contributed by atoms with Crippen LogP contribution in [-0.4, -0.2) is 24.6 Å².